The highest BCUT2D eigenvalue weighted by atomic mass is 35.5. The van der Waals surface area contributed by atoms with Crippen LogP contribution in [0.1, 0.15) is 16.8 Å². The summed E-state index contributed by atoms with van der Waals surface area (Å²) in [4.78, 5) is 24.3. The molecule has 2 aromatic rings. The lowest BCUT2D eigenvalue weighted by Crippen LogP contribution is -2.27. The van der Waals surface area contributed by atoms with Crippen LogP contribution < -0.4 is 15.0 Å². The van der Waals surface area contributed by atoms with Crippen LogP contribution in [0.5, 0.6) is 11.5 Å². The number of hydrogen-bond donors (Lipinski definition) is 0. The minimum absolute atomic E-state index is 0.0518. The normalized spacial score (nSPS) is 13.5. The molecule has 1 aromatic carbocycles. The summed E-state index contributed by atoms with van der Waals surface area (Å²) in [5.74, 6) is 0.820. The van der Waals surface area contributed by atoms with Crippen LogP contribution >= 0.6 is 23.2 Å². The number of halogens is 2. The lowest BCUT2D eigenvalue weighted by Gasteiger charge is -2.09. The molecule has 0 saturated heterocycles. The van der Waals surface area contributed by atoms with Gasteiger partial charge in [-0.05, 0) is 18.2 Å². The van der Waals surface area contributed by atoms with Crippen molar-refractivity contribution in [3.8, 4) is 11.5 Å². The molecule has 0 unspecified atom stereocenters. The molecule has 0 aliphatic carbocycles. The minimum Gasteiger partial charge on any atom is -0.490 e. The first-order valence-electron chi connectivity index (χ1n) is 6.90. The van der Waals surface area contributed by atoms with Crippen molar-refractivity contribution in [2.45, 2.75) is 13.0 Å². The van der Waals surface area contributed by atoms with Crippen LogP contribution in [0.3, 0.4) is 0 Å². The van der Waals surface area contributed by atoms with Gasteiger partial charge in [-0.1, -0.05) is 23.2 Å². The zero-order chi connectivity index (χ0) is 16.4. The predicted molar refractivity (Wildman–Crippen MR) is 84.9 cm³/mol. The smallest absolute Gasteiger partial charge is 0.287 e. The molecule has 0 spiro atoms. The predicted octanol–water partition coefficient (Wildman–Crippen LogP) is 2.59. The maximum Gasteiger partial charge on any atom is 0.287 e. The molecule has 0 atom stereocenters. The molecule has 0 radical (unpaired) electrons. The second kappa shape index (κ2) is 6.60. The standard InChI is InChI=1S/C15H12Cl2N2O4/c16-10-7-18-19(15(21)14(10)17)8-11(20)9-2-3-12-13(6-9)23-5-1-4-22-12/h2-3,6-7H,1,4-5,8H2. The molecule has 1 aromatic heterocycles. The molecule has 0 amide bonds. The van der Waals surface area contributed by atoms with Crippen molar-refractivity contribution in [1.82, 2.24) is 9.78 Å². The Kier molecular flexibility index (Phi) is 4.54. The third kappa shape index (κ3) is 3.33. The van der Waals surface area contributed by atoms with Crippen molar-refractivity contribution >= 4 is 29.0 Å². The SMILES string of the molecule is O=C(Cn1ncc(Cl)c(Cl)c1=O)c1ccc2c(c1)OCCCO2. The minimum atomic E-state index is -0.609. The first kappa shape index (κ1) is 15.8. The number of ketones is 1. The van der Waals surface area contributed by atoms with Gasteiger partial charge in [-0.3, -0.25) is 9.59 Å². The van der Waals surface area contributed by atoms with E-state index in [0.29, 0.717) is 30.3 Å². The number of carbonyl (C=O) groups is 1. The molecule has 0 fully saturated rings. The van der Waals surface area contributed by atoms with Gasteiger partial charge in [0.05, 0.1) is 24.4 Å². The Morgan fingerprint density at radius 1 is 1.22 bits per heavy atom. The summed E-state index contributed by atoms with van der Waals surface area (Å²) in [5, 5.41) is 3.71. The lowest BCUT2D eigenvalue weighted by atomic mass is 10.1. The Labute approximate surface area is 141 Å². The molecule has 3 rings (SSSR count). The fourth-order valence-corrected chi connectivity index (χ4v) is 2.39. The van der Waals surface area contributed by atoms with E-state index in [1.54, 1.807) is 18.2 Å². The Hall–Kier alpha value is -2.05. The van der Waals surface area contributed by atoms with E-state index in [4.69, 9.17) is 32.7 Å². The maximum atomic E-state index is 12.4. The van der Waals surface area contributed by atoms with Gasteiger partial charge in [0.25, 0.3) is 5.56 Å². The number of nitrogens with zero attached hydrogens (tertiary/aromatic N) is 2. The molecular weight excluding hydrogens is 343 g/mol. The van der Waals surface area contributed by atoms with Crippen molar-refractivity contribution in [3.05, 3.63) is 50.4 Å². The van der Waals surface area contributed by atoms with Crippen LogP contribution in [-0.2, 0) is 6.54 Å². The summed E-state index contributed by atoms with van der Waals surface area (Å²) in [6, 6.07) is 4.91. The highest BCUT2D eigenvalue weighted by molar-refractivity contribution is 6.41. The lowest BCUT2D eigenvalue weighted by molar-refractivity contribution is 0.0965. The van der Waals surface area contributed by atoms with Gasteiger partial charge < -0.3 is 9.47 Å². The van der Waals surface area contributed by atoms with Crippen LogP contribution in [0.15, 0.2) is 29.2 Å². The van der Waals surface area contributed by atoms with Crippen molar-refractivity contribution < 1.29 is 14.3 Å². The summed E-state index contributed by atoms with van der Waals surface area (Å²) in [6.45, 7) is 0.858. The maximum absolute atomic E-state index is 12.4. The Balaban J connectivity index is 1.85. The Morgan fingerprint density at radius 2 is 1.96 bits per heavy atom. The van der Waals surface area contributed by atoms with E-state index in [-0.39, 0.29) is 22.4 Å². The highest BCUT2D eigenvalue weighted by Crippen LogP contribution is 2.30. The van der Waals surface area contributed by atoms with E-state index in [1.165, 1.54) is 6.20 Å². The molecule has 1 aliphatic heterocycles. The molecule has 1 aliphatic rings. The number of carbonyl (C=O) groups excluding carboxylic acids is 1. The second-order valence-electron chi connectivity index (χ2n) is 4.90. The highest BCUT2D eigenvalue weighted by Gasteiger charge is 2.16. The fraction of sp³-hybridized carbons (Fsp3) is 0.267. The van der Waals surface area contributed by atoms with Gasteiger partial charge in [-0.2, -0.15) is 5.10 Å². The molecule has 2 heterocycles. The number of fused-ring (bicyclic) bond motifs is 1. The van der Waals surface area contributed by atoms with Gasteiger partial charge >= 0.3 is 0 Å². The quantitative estimate of drug-likeness (QED) is 0.792. The van der Waals surface area contributed by atoms with Gasteiger partial charge in [-0.25, -0.2) is 4.68 Å². The van der Waals surface area contributed by atoms with Gasteiger partial charge in [-0.15, -0.1) is 0 Å². The number of hydrogen-bond acceptors (Lipinski definition) is 5. The average Bonchev–Trinajstić information content (AvgIpc) is 2.80. The van der Waals surface area contributed by atoms with E-state index in [1.807, 2.05) is 0 Å². The number of aromatic nitrogens is 2. The number of ether oxygens (including phenoxy) is 2. The number of rotatable bonds is 3. The largest absolute Gasteiger partial charge is 0.490 e. The summed E-state index contributed by atoms with van der Waals surface area (Å²) >= 11 is 11.5. The molecule has 0 bridgehead atoms. The van der Waals surface area contributed by atoms with Crippen LogP contribution in [0.25, 0.3) is 0 Å². The summed E-state index contributed by atoms with van der Waals surface area (Å²) in [5.41, 5.74) is -0.212. The molecule has 0 saturated carbocycles. The summed E-state index contributed by atoms with van der Waals surface area (Å²) < 4.78 is 12.0. The summed E-state index contributed by atoms with van der Waals surface area (Å²) in [6.07, 6.45) is 2.01. The Bertz CT molecular complexity index is 820. The molecule has 8 heteroatoms. The first-order valence-corrected chi connectivity index (χ1v) is 7.66. The van der Waals surface area contributed by atoms with E-state index in [9.17, 15) is 9.59 Å². The topological polar surface area (TPSA) is 70.4 Å². The van der Waals surface area contributed by atoms with Gasteiger partial charge in [0, 0.05) is 12.0 Å². The van der Waals surface area contributed by atoms with E-state index in [2.05, 4.69) is 5.10 Å². The number of Topliss-reactive ketones (excluding diaryl/α,β-unsaturated/α-hetero) is 1. The van der Waals surface area contributed by atoms with Gasteiger partial charge in [0.1, 0.15) is 11.6 Å². The van der Waals surface area contributed by atoms with E-state index < -0.39 is 5.56 Å². The van der Waals surface area contributed by atoms with E-state index in [0.717, 1.165) is 11.1 Å². The average molecular weight is 355 g/mol. The third-order valence-corrected chi connectivity index (χ3v) is 4.05. The fourth-order valence-electron chi connectivity index (χ4n) is 2.12. The van der Waals surface area contributed by atoms with Crippen LogP contribution in [0.4, 0.5) is 0 Å². The zero-order valence-electron chi connectivity index (χ0n) is 11.9. The third-order valence-electron chi connectivity index (χ3n) is 3.31. The monoisotopic (exact) mass is 354 g/mol. The van der Waals surface area contributed by atoms with Crippen molar-refractivity contribution in [2.75, 3.05) is 13.2 Å². The van der Waals surface area contributed by atoms with Gasteiger partial charge in [0.2, 0.25) is 0 Å². The van der Waals surface area contributed by atoms with E-state index >= 15 is 0 Å². The molecule has 0 N–H and O–H groups in total. The first-order chi connectivity index (χ1) is 11.1. The Morgan fingerprint density at radius 3 is 2.74 bits per heavy atom. The van der Waals surface area contributed by atoms with Crippen LogP contribution in [0, 0.1) is 0 Å². The molecule has 120 valence electrons. The van der Waals surface area contributed by atoms with Crippen molar-refractivity contribution in [3.63, 3.8) is 0 Å². The van der Waals surface area contributed by atoms with Gasteiger partial charge in [0.15, 0.2) is 17.3 Å². The zero-order valence-corrected chi connectivity index (χ0v) is 13.4. The van der Waals surface area contributed by atoms with Crippen molar-refractivity contribution in [2.24, 2.45) is 0 Å². The molecular formula is C15H12Cl2N2O4. The molecule has 6 nitrogen and oxygen atoms in total. The molecule has 23 heavy (non-hydrogen) atoms. The van der Waals surface area contributed by atoms with Crippen LogP contribution in [0.2, 0.25) is 10.0 Å². The number of benzene rings is 1. The second-order valence-corrected chi connectivity index (χ2v) is 5.69. The summed E-state index contributed by atoms with van der Waals surface area (Å²) in [7, 11) is 0. The van der Waals surface area contributed by atoms with Crippen molar-refractivity contribution in [1.29, 1.82) is 0 Å². The van der Waals surface area contributed by atoms with Crippen LogP contribution in [-0.4, -0.2) is 28.8 Å².